The van der Waals surface area contributed by atoms with Crippen molar-refractivity contribution < 1.29 is 9.47 Å². The van der Waals surface area contributed by atoms with E-state index in [0.717, 1.165) is 5.75 Å². The summed E-state index contributed by atoms with van der Waals surface area (Å²) in [6.07, 6.45) is 0. The Hall–Kier alpha value is -1.18. The first-order valence-corrected chi connectivity index (χ1v) is 4.14. The van der Waals surface area contributed by atoms with Gasteiger partial charge in [0.1, 0.15) is 0 Å². The van der Waals surface area contributed by atoms with Crippen LogP contribution in [0.3, 0.4) is 0 Å². The maximum atomic E-state index is 5.33. The Morgan fingerprint density at radius 1 is 1.25 bits per heavy atom. The molecule has 0 aliphatic rings. The molecule has 0 unspecified atom stereocenters. The lowest BCUT2D eigenvalue weighted by atomic mass is 10.3. The van der Waals surface area contributed by atoms with Gasteiger partial charge in [-0.1, -0.05) is 12.1 Å². The maximum Gasteiger partial charge on any atom is 0.169 e. The molecule has 0 N–H and O–H groups in total. The molecular weight excluding hydrogens is 152 g/mol. The molecule has 0 saturated carbocycles. The van der Waals surface area contributed by atoms with E-state index in [1.807, 2.05) is 32.0 Å². The van der Waals surface area contributed by atoms with Gasteiger partial charge in [-0.2, -0.15) is 0 Å². The lowest BCUT2D eigenvalue weighted by Crippen LogP contribution is -1.97. The van der Waals surface area contributed by atoms with Crippen LogP contribution in [-0.2, 0) is 0 Å². The highest BCUT2D eigenvalue weighted by Crippen LogP contribution is 2.25. The molecule has 0 amide bonds. The fourth-order valence-electron chi connectivity index (χ4n) is 0.932. The van der Waals surface area contributed by atoms with Crippen molar-refractivity contribution in [3.63, 3.8) is 0 Å². The standard InChI is InChI=1S/C10H13O2/c1-3-11-9-7-5-6-8-10(9)12-4-2/h5-7H,3-4H2,1-2H3. The summed E-state index contributed by atoms with van der Waals surface area (Å²) in [6.45, 7) is 5.18. The molecule has 1 radical (unpaired) electrons. The number of para-hydroxylation sites is 1. The van der Waals surface area contributed by atoms with E-state index >= 15 is 0 Å². The second-order valence-electron chi connectivity index (χ2n) is 2.23. The molecule has 0 aliphatic heterocycles. The monoisotopic (exact) mass is 165 g/mol. The summed E-state index contributed by atoms with van der Waals surface area (Å²) in [4.78, 5) is 0. The first-order valence-electron chi connectivity index (χ1n) is 4.14. The predicted octanol–water partition coefficient (Wildman–Crippen LogP) is 2.28. The van der Waals surface area contributed by atoms with Crippen LogP contribution in [-0.4, -0.2) is 13.2 Å². The molecule has 65 valence electrons. The highest BCUT2D eigenvalue weighted by atomic mass is 16.5. The first kappa shape index (κ1) is 8.91. The molecule has 2 nitrogen and oxygen atoms in total. The van der Waals surface area contributed by atoms with Gasteiger partial charge in [0.05, 0.1) is 13.2 Å². The van der Waals surface area contributed by atoms with E-state index in [-0.39, 0.29) is 0 Å². The molecule has 0 spiro atoms. The van der Waals surface area contributed by atoms with Gasteiger partial charge in [0.25, 0.3) is 0 Å². The van der Waals surface area contributed by atoms with Crippen LogP contribution in [0.4, 0.5) is 0 Å². The van der Waals surface area contributed by atoms with Crippen LogP contribution in [0.15, 0.2) is 18.2 Å². The van der Waals surface area contributed by atoms with Crippen molar-refractivity contribution in [3.8, 4) is 11.5 Å². The number of ether oxygens (including phenoxy) is 2. The number of hydrogen-bond acceptors (Lipinski definition) is 2. The van der Waals surface area contributed by atoms with Crippen molar-refractivity contribution in [2.75, 3.05) is 13.2 Å². The van der Waals surface area contributed by atoms with E-state index in [9.17, 15) is 0 Å². The van der Waals surface area contributed by atoms with Crippen molar-refractivity contribution in [3.05, 3.63) is 24.3 Å². The second-order valence-corrected chi connectivity index (χ2v) is 2.23. The van der Waals surface area contributed by atoms with Crippen LogP contribution >= 0.6 is 0 Å². The summed E-state index contributed by atoms with van der Waals surface area (Å²) in [5.41, 5.74) is 0. The van der Waals surface area contributed by atoms with Gasteiger partial charge >= 0.3 is 0 Å². The third kappa shape index (κ3) is 2.16. The molecule has 1 rings (SSSR count). The van der Waals surface area contributed by atoms with Gasteiger partial charge in [-0.15, -0.1) is 0 Å². The van der Waals surface area contributed by atoms with Crippen LogP contribution in [0, 0.1) is 6.07 Å². The maximum absolute atomic E-state index is 5.33. The third-order valence-corrected chi connectivity index (χ3v) is 1.37. The quantitative estimate of drug-likeness (QED) is 0.681. The summed E-state index contributed by atoms with van der Waals surface area (Å²) in [7, 11) is 0. The fraction of sp³-hybridized carbons (Fsp3) is 0.400. The zero-order chi connectivity index (χ0) is 8.81. The Kier molecular flexibility index (Phi) is 3.45. The number of benzene rings is 1. The minimum absolute atomic E-state index is 0.639. The molecule has 0 saturated heterocycles. The summed E-state index contributed by atoms with van der Waals surface area (Å²) < 4.78 is 10.6. The Bertz CT molecular complexity index is 208. The van der Waals surface area contributed by atoms with Gasteiger partial charge < -0.3 is 9.47 Å². The van der Waals surface area contributed by atoms with Crippen molar-refractivity contribution >= 4 is 0 Å². The zero-order valence-electron chi connectivity index (χ0n) is 7.46. The average molecular weight is 165 g/mol. The van der Waals surface area contributed by atoms with Crippen molar-refractivity contribution in [2.24, 2.45) is 0 Å². The Morgan fingerprint density at radius 2 is 2.00 bits per heavy atom. The van der Waals surface area contributed by atoms with E-state index in [0.29, 0.717) is 19.0 Å². The Morgan fingerprint density at radius 3 is 2.67 bits per heavy atom. The SMILES string of the molecule is CCOc1[c]cccc1OCC. The summed E-state index contributed by atoms with van der Waals surface area (Å²) >= 11 is 0. The highest BCUT2D eigenvalue weighted by Gasteiger charge is 2.01. The molecule has 0 atom stereocenters. The van der Waals surface area contributed by atoms with Gasteiger partial charge in [-0.25, -0.2) is 0 Å². The number of rotatable bonds is 4. The van der Waals surface area contributed by atoms with Crippen molar-refractivity contribution in [2.45, 2.75) is 13.8 Å². The highest BCUT2D eigenvalue weighted by molar-refractivity contribution is 5.38. The van der Waals surface area contributed by atoms with E-state index in [1.54, 1.807) is 0 Å². The van der Waals surface area contributed by atoms with Gasteiger partial charge in [0, 0.05) is 6.07 Å². The average Bonchev–Trinajstić information content (AvgIpc) is 2.09. The lowest BCUT2D eigenvalue weighted by molar-refractivity contribution is 0.287. The Balaban J connectivity index is 2.77. The molecule has 0 fully saturated rings. The normalized spacial score (nSPS) is 9.50. The molecule has 12 heavy (non-hydrogen) atoms. The van der Waals surface area contributed by atoms with E-state index in [1.165, 1.54) is 0 Å². The van der Waals surface area contributed by atoms with Crippen molar-refractivity contribution in [1.82, 2.24) is 0 Å². The first-order chi connectivity index (χ1) is 5.88. The minimum Gasteiger partial charge on any atom is -0.490 e. The molecule has 0 bridgehead atoms. The van der Waals surface area contributed by atoms with Gasteiger partial charge in [0.15, 0.2) is 11.5 Å². The molecule has 0 heterocycles. The fourth-order valence-corrected chi connectivity index (χ4v) is 0.932. The van der Waals surface area contributed by atoms with Gasteiger partial charge in [0.2, 0.25) is 0 Å². The molecule has 0 aliphatic carbocycles. The van der Waals surface area contributed by atoms with Crippen LogP contribution in [0.2, 0.25) is 0 Å². The topological polar surface area (TPSA) is 18.5 Å². The Labute approximate surface area is 73.1 Å². The van der Waals surface area contributed by atoms with Crippen LogP contribution < -0.4 is 9.47 Å². The largest absolute Gasteiger partial charge is 0.490 e. The van der Waals surface area contributed by atoms with E-state index in [4.69, 9.17) is 9.47 Å². The van der Waals surface area contributed by atoms with Crippen LogP contribution in [0.1, 0.15) is 13.8 Å². The molecule has 0 aromatic heterocycles. The predicted molar refractivity (Wildman–Crippen MR) is 47.6 cm³/mol. The van der Waals surface area contributed by atoms with Gasteiger partial charge in [-0.3, -0.25) is 0 Å². The summed E-state index contributed by atoms with van der Waals surface area (Å²) in [5, 5.41) is 0. The molecule has 1 aromatic carbocycles. The second kappa shape index (κ2) is 4.65. The van der Waals surface area contributed by atoms with E-state index in [2.05, 4.69) is 6.07 Å². The van der Waals surface area contributed by atoms with Crippen molar-refractivity contribution in [1.29, 1.82) is 0 Å². The third-order valence-electron chi connectivity index (χ3n) is 1.37. The lowest BCUT2D eigenvalue weighted by Gasteiger charge is -2.08. The smallest absolute Gasteiger partial charge is 0.169 e. The van der Waals surface area contributed by atoms with Gasteiger partial charge in [-0.05, 0) is 19.9 Å². The molecular formula is C10H13O2. The van der Waals surface area contributed by atoms with E-state index < -0.39 is 0 Å². The zero-order valence-corrected chi connectivity index (χ0v) is 7.46. The molecule has 2 heteroatoms. The summed E-state index contributed by atoms with van der Waals surface area (Å²) in [6, 6.07) is 8.55. The minimum atomic E-state index is 0.639. The summed E-state index contributed by atoms with van der Waals surface area (Å²) in [5.74, 6) is 1.46. The van der Waals surface area contributed by atoms with Crippen LogP contribution in [0.25, 0.3) is 0 Å². The molecule has 1 aromatic rings. The number of hydrogen-bond donors (Lipinski definition) is 0. The van der Waals surface area contributed by atoms with Crippen LogP contribution in [0.5, 0.6) is 11.5 Å².